The second kappa shape index (κ2) is 17.3. The minimum absolute atomic E-state index is 0. The molecule has 0 saturated heterocycles. The Hall–Kier alpha value is -2.04. The van der Waals surface area contributed by atoms with Gasteiger partial charge in [-0.3, -0.25) is 9.00 Å². The number of rotatable bonds is 3. The van der Waals surface area contributed by atoms with Crippen molar-refractivity contribution in [3.05, 3.63) is 85.7 Å². The molecule has 1 unspecified atom stereocenters. The van der Waals surface area contributed by atoms with Crippen molar-refractivity contribution in [1.29, 1.82) is 0 Å². The molecule has 6 nitrogen and oxygen atoms in total. The minimum Gasteiger partial charge on any atom is 0 e. The van der Waals surface area contributed by atoms with Crippen LogP contribution in [0.25, 0.3) is 0 Å². The number of carbonyl (C=O) groups excluding carboxylic acids is 1. The van der Waals surface area contributed by atoms with Gasteiger partial charge in [-0.25, -0.2) is 0 Å². The Morgan fingerprint density at radius 1 is 0.833 bits per heavy atom. The molecule has 0 amide bonds. The van der Waals surface area contributed by atoms with Gasteiger partial charge in [0.15, 0.2) is 5.78 Å². The van der Waals surface area contributed by atoms with Crippen molar-refractivity contribution < 1.29 is 44.6 Å². The van der Waals surface area contributed by atoms with Crippen LogP contribution >= 0.6 is 0 Å². The summed E-state index contributed by atoms with van der Waals surface area (Å²) >= 11 is -2.41. The van der Waals surface area contributed by atoms with Crippen LogP contribution in [0.1, 0.15) is 15.9 Å². The molecule has 0 aliphatic heterocycles. The molecule has 0 bridgehead atoms. The van der Waals surface area contributed by atoms with E-state index in [-0.39, 0.29) is 33.3 Å². The monoisotopic (exact) mass is 384 g/mol. The summed E-state index contributed by atoms with van der Waals surface area (Å²) in [6.45, 7) is 13.5. The zero-order valence-corrected chi connectivity index (χ0v) is 13.9. The van der Waals surface area contributed by atoms with Gasteiger partial charge in [0, 0.05) is 33.1 Å². The molecule has 2 aromatic carbocycles. The summed E-state index contributed by atoms with van der Waals surface area (Å²) in [6, 6.07) is 14.8. The van der Waals surface area contributed by atoms with Gasteiger partial charge in [-0.1, -0.05) is 42.5 Å². The van der Waals surface area contributed by atoms with Crippen molar-refractivity contribution >= 4 is 16.9 Å². The zero-order valence-electron chi connectivity index (χ0n) is 11.9. The molecule has 0 aromatic heterocycles. The van der Waals surface area contributed by atoms with Crippen molar-refractivity contribution in [3.8, 4) is 0 Å². The minimum atomic E-state index is -2.41. The fourth-order valence-corrected chi connectivity index (χ4v) is 2.07. The quantitative estimate of drug-likeness (QED) is 0.265. The van der Waals surface area contributed by atoms with Gasteiger partial charge in [0.1, 0.15) is 0 Å². The molecular weight excluding hydrogens is 375 g/mol. The Morgan fingerprint density at radius 2 is 1.25 bits per heavy atom. The van der Waals surface area contributed by atoms with Gasteiger partial charge in [-0.2, -0.15) is 0 Å². The van der Waals surface area contributed by atoms with E-state index in [9.17, 15) is 13.6 Å². The Morgan fingerprint density at radius 3 is 1.71 bits per heavy atom. The first-order valence-electron chi connectivity index (χ1n) is 5.59. The van der Waals surface area contributed by atoms with Crippen molar-refractivity contribution in [2.45, 2.75) is 4.90 Å². The molecule has 24 heavy (non-hydrogen) atoms. The van der Waals surface area contributed by atoms with Gasteiger partial charge >= 0.3 is 33.9 Å². The molecule has 2 aromatic rings. The second-order valence-electron chi connectivity index (χ2n) is 3.43. The molecule has 1 atom stereocenters. The van der Waals surface area contributed by atoms with E-state index in [0.717, 1.165) is 0 Å². The Balaban J connectivity index is -0.000000569. The van der Waals surface area contributed by atoms with E-state index >= 15 is 0 Å². The van der Waals surface area contributed by atoms with Gasteiger partial charge < -0.3 is 4.55 Å². The van der Waals surface area contributed by atoms with Crippen LogP contribution in [0, 0.1) is 20.0 Å². The van der Waals surface area contributed by atoms with Crippen LogP contribution < -0.4 is 0 Å². The van der Waals surface area contributed by atoms with E-state index < -0.39 is 11.1 Å². The van der Waals surface area contributed by atoms with Gasteiger partial charge in [0.25, 0.3) is 0 Å². The van der Waals surface area contributed by atoms with E-state index in [2.05, 4.69) is 20.0 Å². The maximum Gasteiger partial charge on any atom is 0 e. The zero-order chi connectivity index (χ0) is 18.3. The van der Waals surface area contributed by atoms with Crippen LogP contribution in [-0.2, 0) is 42.1 Å². The molecule has 8 heteroatoms. The molecule has 0 heterocycles. The topological polar surface area (TPSA) is 117 Å². The molecule has 1 radical (unpaired) electrons. The van der Waals surface area contributed by atoms with E-state index in [1.807, 2.05) is 0 Å². The van der Waals surface area contributed by atoms with Gasteiger partial charge in [-0.15, -0.1) is 0 Å². The number of carbonyl (C=O) groups is 1. The summed E-state index contributed by atoms with van der Waals surface area (Å²) in [5, 5.41) is 0. The molecule has 0 fully saturated rings. The van der Waals surface area contributed by atoms with E-state index in [1.165, 1.54) is 12.1 Å². The summed E-state index contributed by atoms with van der Waals surface area (Å²) in [6.07, 6.45) is 0. The number of ketones is 1. The number of hydrogen-bond acceptors (Lipinski definition) is 3. The van der Waals surface area contributed by atoms with Crippen LogP contribution in [0.4, 0.5) is 0 Å². The molecular formula is C16H9MnO6S-. The number of benzene rings is 2. The molecule has 123 valence electrons. The summed E-state index contributed by atoms with van der Waals surface area (Å²) < 4.78 is 44.5. The second-order valence-corrected chi connectivity index (χ2v) is 4.34. The Kier molecular flexibility index (Phi) is 19.4. The normalized spacial score (nSPS) is 8.79. The summed E-state index contributed by atoms with van der Waals surface area (Å²) in [5.74, 6) is -0.287. The van der Waals surface area contributed by atoms with Crippen LogP contribution in [0.15, 0.2) is 59.5 Å². The maximum absolute atomic E-state index is 12.1. The first kappa shape index (κ1) is 26.8. The average molecular weight is 384 g/mol. The Labute approximate surface area is 152 Å². The van der Waals surface area contributed by atoms with Crippen LogP contribution in [0.3, 0.4) is 0 Å². The fourth-order valence-electron chi connectivity index (χ4n) is 1.54. The van der Waals surface area contributed by atoms with Crippen molar-refractivity contribution in [3.63, 3.8) is 0 Å². The molecule has 2 rings (SSSR count). The van der Waals surface area contributed by atoms with Crippen molar-refractivity contribution in [2.75, 3.05) is 0 Å². The van der Waals surface area contributed by atoms with E-state index in [4.69, 9.17) is 14.0 Å². The summed E-state index contributed by atoms with van der Waals surface area (Å²) in [4.78, 5) is 12.1. The molecule has 0 saturated carbocycles. The molecule has 0 aliphatic carbocycles. The predicted molar refractivity (Wildman–Crippen MR) is 75.3 cm³/mol. The van der Waals surface area contributed by atoms with Gasteiger partial charge in [-0.05, 0) is 23.2 Å². The van der Waals surface area contributed by atoms with Gasteiger partial charge in [0.2, 0.25) is 0 Å². The molecule has 0 spiro atoms. The predicted octanol–water partition coefficient (Wildman–Crippen LogP) is 2.04. The maximum atomic E-state index is 12.1. The summed E-state index contributed by atoms with van der Waals surface area (Å²) in [5.41, 5.74) is 0.678. The average Bonchev–Trinajstić information content (AvgIpc) is 2.66. The number of hydrogen-bond donors (Lipinski definition) is 0. The first-order valence-corrected chi connectivity index (χ1v) is 6.67. The van der Waals surface area contributed by atoms with E-state index in [0.29, 0.717) is 5.56 Å². The van der Waals surface area contributed by atoms with Crippen molar-refractivity contribution in [2.24, 2.45) is 0 Å². The molecule has 0 N–H and O–H groups in total. The first-order chi connectivity index (χ1) is 11.2. The Bertz CT molecular complexity index is 680. The largest absolute Gasteiger partial charge is 0 e. The fraction of sp³-hybridized carbons (Fsp3) is 0. The third kappa shape index (κ3) is 8.56. The van der Waals surface area contributed by atoms with Gasteiger partial charge in [0.05, 0.1) is 0 Å². The smallest absolute Gasteiger partial charge is 0 e. The molecule has 0 aliphatic rings. The standard InChI is InChI=1S/C13H10O3S.3CO.Mn/c14-13(10-6-2-1-3-7-10)11-8-4-5-9-12(11)17(15)16;3*1-2;/h1-9H,(H,15,16);;;;/p-1. The van der Waals surface area contributed by atoms with Crippen LogP contribution in [-0.4, -0.2) is 14.5 Å². The third-order valence-electron chi connectivity index (χ3n) is 2.35. The van der Waals surface area contributed by atoms with Crippen molar-refractivity contribution in [1.82, 2.24) is 0 Å². The summed E-state index contributed by atoms with van der Waals surface area (Å²) in [7, 11) is 0. The van der Waals surface area contributed by atoms with Crippen LogP contribution in [0.5, 0.6) is 0 Å². The SMILES string of the molecule is O=C(c1ccccc1)c1ccccc1S(=O)[O-].[C-]#[O+].[C-]#[O+].[C-]#[O+].[Mn]. The van der Waals surface area contributed by atoms with E-state index in [1.54, 1.807) is 42.5 Å². The third-order valence-corrected chi connectivity index (χ3v) is 3.06. The van der Waals surface area contributed by atoms with Crippen LogP contribution in [0.2, 0.25) is 0 Å².